The molecule has 0 spiro atoms. The van der Waals surface area contributed by atoms with Crippen molar-refractivity contribution in [3.05, 3.63) is 125 Å². The summed E-state index contributed by atoms with van der Waals surface area (Å²) in [5.74, 6) is 0.758. The number of nitrogens with zero attached hydrogens (tertiary/aromatic N) is 4. The van der Waals surface area contributed by atoms with Gasteiger partial charge in [0.25, 0.3) is 11.8 Å². The molecule has 1 N–H and O–H groups in total. The number of methoxy groups -OCH3 is 1. The van der Waals surface area contributed by atoms with Crippen LogP contribution in [0, 0.1) is 13.8 Å². The molecule has 17 nitrogen and oxygen atoms in total. The Hall–Kier alpha value is -6.89. The minimum absolute atomic E-state index is 0.0669. The standard InChI is InChI=1S/C58H71N5O12/c1-5-55(64)75-32-25-63-57(65)46-8-6-7-45-48(13-12-47(56(45)46)58(63)66)59-18-17-44-11-16-51(54(41-44)74-38-33-67-4)62-23-30-72-52-39-42(2)9-14-49(52)60-19-26-68-34-36-70-28-21-61(22-29-71-37-35-69-27-20-60)50-15-10-43(3)40-53(50)73-31-24-62/h5-16,39-41,59H,1,17-38H2,2-4H3. The third-order valence-corrected chi connectivity index (χ3v) is 13.3. The van der Waals surface area contributed by atoms with Gasteiger partial charge >= 0.3 is 5.97 Å². The number of imide groups is 1. The summed E-state index contributed by atoms with van der Waals surface area (Å²) in [6.07, 6.45) is 1.68. The lowest BCUT2D eigenvalue weighted by Gasteiger charge is -2.30. The number of anilines is 4. The molecule has 1 saturated heterocycles. The average Bonchev–Trinajstić information content (AvgIpc) is 3.43. The van der Waals surface area contributed by atoms with E-state index < -0.39 is 17.8 Å². The van der Waals surface area contributed by atoms with Crippen LogP contribution in [0.5, 0.6) is 17.2 Å². The smallest absolute Gasteiger partial charge is 0.330 e. The first-order valence-corrected chi connectivity index (χ1v) is 25.9. The van der Waals surface area contributed by atoms with Crippen LogP contribution in [-0.2, 0) is 39.6 Å². The lowest BCUT2D eigenvalue weighted by molar-refractivity contribution is -0.137. The van der Waals surface area contributed by atoms with E-state index in [1.54, 1.807) is 19.2 Å². The van der Waals surface area contributed by atoms with Crippen LogP contribution in [0.15, 0.2) is 97.6 Å². The molecule has 1 fully saturated rings. The molecule has 9 rings (SSSR count). The second-order valence-electron chi connectivity index (χ2n) is 18.4. The van der Waals surface area contributed by atoms with Crippen LogP contribution < -0.4 is 34.2 Å². The SMILES string of the molecule is C=CC(=O)OCCN1C(=O)c2cccc3c(NCCc4ccc(N5CCOc6cc(C)ccc6N6CCOCCOCCN(CCOCCOCC6)c6ccc(C)cc6OCC5)c(OCCOC)c4)ccc(c23)C1=O. The molecule has 5 aromatic rings. The van der Waals surface area contributed by atoms with Gasteiger partial charge in [0.05, 0.1) is 96.2 Å². The molecule has 0 atom stereocenters. The first kappa shape index (κ1) is 54.4. The van der Waals surface area contributed by atoms with Crippen molar-refractivity contribution in [3.63, 3.8) is 0 Å². The van der Waals surface area contributed by atoms with Gasteiger partial charge in [-0.3, -0.25) is 14.5 Å². The fraction of sp³-hybridized carbons (Fsp3) is 0.431. The van der Waals surface area contributed by atoms with Gasteiger partial charge in [0, 0.05) is 73.5 Å². The highest BCUT2D eigenvalue weighted by Crippen LogP contribution is 2.36. The number of amides is 2. The lowest BCUT2D eigenvalue weighted by atomic mass is 9.93. The first-order valence-electron chi connectivity index (χ1n) is 25.9. The van der Waals surface area contributed by atoms with E-state index in [1.807, 2.05) is 18.2 Å². The molecule has 4 aliphatic heterocycles. The maximum Gasteiger partial charge on any atom is 0.330 e. The molecule has 4 heterocycles. The van der Waals surface area contributed by atoms with Gasteiger partial charge in [0.1, 0.15) is 43.7 Å². The molecule has 2 bridgehead atoms. The van der Waals surface area contributed by atoms with Crippen LogP contribution in [-0.4, -0.2) is 168 Å². The average molecular weight is 1030 g/mol. The van der Waals surface area contributed by atoms with Crippen molar-refractivity contribution >= 4 is 51.3 Å². The molecule has 4 aliphatic rings. The molecule has 0 radical (unpaired) electrons. The number of hydrogen-bond donors (Lipinski definition) is 1. The van der Waals surface area contributed by atoms with Gasteiger partial charge in [-0.25, -0.2) is 4.79 Å². The molecule has 0 aromatic heterocycles. The molecule has 17 heteroatoms. The Morgan fingerprint density at radius 3 is 1.75 bits per heavy atom. The number of carbonyl (C=O) groups excluding carboxylic acids is 3. The van der Waals surface area contributed by atoms with E-state index in [0.717, 1.165) is 67.3 Å². The van der Waals surface area contributed by atoms with E-state index in [0.29, 0.717) is 154 Å². The zero-order valence-corrected chi connectivity index (χ0v) is 43.6. The summed E-state index contributed by atoms with van der Waals surface area (Å²) in [5.41, 5.74) is 7.64. The molecule has 5 aromatic carbocycles. The zero-order valence-electron chi connectivity index (χ0n) is 43.6. The number of hydrogen-bond acceptors (Lipinski definition) is 16. The first-order chi connectivity index (χ1) is 36.7. The van der Waals surface area contributed by atoms with Gasteiger partial charge in [0.2, 0.25) is 0 Å². The molecule has 400 valence electrons. The Morgan fingerprint density at radius 2 is 1.17 bits per heavy atom. The second-order valence-corrected chi connectivity index (χ2v) is 18.4. The van der Waals surface area contributed by atoms with Crippen LogP contribution in [0.25, 0.3) is 10.8 Å². The van der Waals surface area contributed by atoms with Crippen LogP contribution in [0.3, 0.4) is 0 Å². The summed E-state index contributed by atoms with van der Waals surface area (Å²) in [5, 5.41) is 4.93. The van der Waals surface area contributed by atoms with Crippen LogP contribution in [0.4, 0.5) is 22.7 Å². The third-order valence-electron chi connectivity index (χ3n) is 13.3. The van der Waals surface area contributed by atoms with Crippen molar-refractivity contribution in [2.45, 2.75) is 20.3 Å². The number of carbonyl (C=O) groups is 3. The predicted octanol–water partition coefficient (Wildman–Crippen LogP) is 7.13. The van der Waals surface area contributed by atoms with E-state index in [2.05, 4.69) is 95.0 Å². The van der Waals surface area contributed by atoms with Gasteiger partial charge in [-0.05, 0) is 91.6 Å². The van der Waals surface area contributed by atoms with Crippen LogP contribution in [0.2, 0.25) is 0 Å². The number of esters is 1. The second kappa shape index (κ2) is 27.6. The molecule has 75 heavy (non-hydrogen) atoms. The maximum absolute atomic E-state index is 13.6. The van der Waals surface area contributed by atoms with Crippen molar-refractivity contribution < 1.29 is 57.0 Å². The molecule has 0 aliphatic carbocycles. The highest BCUT2D eigenvalue weighted by molar-refractivity contribution is 6.26. The third kappa shape index (κ3) is 14.5. The summed E-state index contributed by atoms with van der Waals surface area (Å²) < 4.78 is 55.0. The van der Waals surface area contributed by atoms with E-state index in [-0.39, 0.29) is 13.2 Å². The Balaban J connectivity index is 1.06. The highest BCUT2D eigenvalue weighted by Gasteiger charge is 2.33. The summed E-state index contributed by atoms with van der Waals surface area (Å²) >= 11 is 0. The molecule has 0 unspecified atom stereocenters. The fourth-order valence-corrected chi connectivity index (χ4v) is 9.40. The van der Waals surface area contributed by atoms with Gasteiger partial charge in [0.15, 0.2) is 0 Å². The Kier molecular flexibility index (Phi) is 20.0. The maximum atomic E-state index is 13.6. The minimum atomic E-state index is -0.621. The number of nitrogens with one attached hydrogen (secondary N) is 1. The van der Waals surface area contributed by atoms with Gasteiger partial charge in [-0.2, -0.15) is 0 Å². The van der Waals surface area contributed by atoms with Crippen LogP contribution >= 0.6 is 0 Å². The number of ether oxygens (including phenoxy) is 9. The van der Waals surface area contributed by atoms with Gasteiger partial charge in [-0.1, -0.05) is 36.9 Å². The van der Waals surface area contributed by atoms with Crippen LogP contribution in [0.1, 0.15) is 37.4 Å². The summed E-state index contributed by atoms with van der Waals surface area (Å²) in [4.78, 5) is 46.8. The van der Waals surface area contributed by atoms with Crippen molar-refractivity contribution in [1.29, 1.82) is 0 Å². The number of rotatable bonds is 13. The van der Waals surface area contributed by atoms with E-state index in [4.69, 9.17) is 42.6 Å². The number of benzene rings is 5. The van der Waals surface area contributed by atoms with Crippen molar-refractivity contribution in [2.75, 3.05) is 165 Å². The topological polar surface area (TPSA) is 159 Å². The largest absolute Gasteiger partial charge is 0.490 e. The summed E-state index contributed by atoms with van der Waals surface area (Å²) in [7, 11) is 1.66. The van der Waals surface area contributed by atoms with Crippen molar-refractivity contribution in [3.8, 4) is 17.2 Å². The van der Waals surface area contributed by atoms with E-state index in [1.165, 1.54) is 0 Å². The molecular weight excluding hydrogens is 959 g/mol. The number of fused-ring (bicyclic) bond motifs is 20. The fourth-order valence-electron chi connectivity index (χ4n) is 9.40. The minimum Gasteiger partial charge on any atom is -0.490 e. The summed E-state index contributed by atoms with van der Waals surface area (Å²) in [6, 6.07) is 28.0. The summed E-state index contributed by atoms with van der Waals surface area (Å²) in [6.45, 7) is 16.9. The Bertz CT molecular complexity index is 2610. The van der Waals surface area contributed by atoms with Crippen molar-refractivity contribution in [1.82, 2.24) is 4.90 Å². The molecular formula is C58H71N5O12. The van der Waals surface area contributed by atoms with E-state index >= 15 is 0 Å². The van der Waals surface area contributed by atoms with Gasteiger partial charge < -0.3 is 62.6 Å². The lowest BCUT2D eigenvalue weighted by Crippen LogP contribution is -2.42. The number of aryl methyl sites for hydroxylation is 2. The Morgan fingerprint density at radius 1 is 0.627 bits per heavy atom. The van der Waals surface area contributed by atoms with Crippen molar-refractivity contribution in [2.24, 2.45) is 0 Å². The normalized spacial score (nSPS) is 16.6. The quantitative estimate of drug-likeness (QED) is 0.0417. The highest BCUT2D eigenvalue weighted by atomic mass is 16.5. The molecule has 0 saturated carbocycles. The molecule has 2 amide bonds. The van der Waals surface area contributed by atoms with Gasteiger partial charge in [-0.15, -0.1) is 0 Å². The predicted molar refractivity (Wildman–Crippen MR) is 290 cm³/mol. The zero-order chi connectivity index (χ0) is 52.4. The Labute approximate surface area is 440 Å². The van der Waals surface area contributed by atoms with E-state index in [9.17, 15) is 14.4 Å². The monoisotopic (exact) mass is 1030 g/mol.